The van der Waals surface area contributed by atoms with E-state index in [1.54, 1.807) is 4.88 Å². The number of unbranched alkanes of at least 4 members (excludes halogenated alkanes) is 1. The first-order valence-electron chi connectivity index (χ1n) is 8.35. The molecular weight excluding hydrogens is 262 g/mol. The first-order valence-corrected chi connectivity index (χ1v) is 9.23. The van der Waals surface area contributed by atoms with Crippen LogP contribution in [0.25, 0.3) is 0 Å². The van der Waals surface area contributed by atoms with Crippen LogP contribution in [0, 0.1) is 11.3 Å². The zero-order valence-corrected chi connectivity index (χ0v) is 14.7. The van der Waals surface area contributed by atoms with E-state index in [0.29, 0.717) is 5.41 Å². The Hall–Kier alpha value is -0.340. The zero-order valence-electron chi connectivity index (χ0n) is 13.9. The molecule has 1 aromatic heterocycles. The summed E-state index contributed by atoms with van der Waals surface area (Å²) in [7, 11) is 0. The van der Waals surface area contributed by atoms with Crippen molar-refractivity contribution in [3.05, 3.63) is 22.4 Å². The fourth-order valence-electron chi connectivity index (χ4n) is 2.80. The van der Waals surface area contributed by atoms with Gasteiger partial charge in [-0.2, -0.15) is 0 Å². The Labute approximate surface area is 130 Å². The SMILES string of the molecule is CCCCC(CC)(CCc1cccs1)CNCC(C)C. The summed E-state index contributed by atoms with van der Waals surface area (Å²) < 4.78 is 0. The second kappa shape index (κ2) is 9.57. The van der Waals surface area contributed by atoms with Crippen molar-refractivity contribution in [3.63, 3.8) is 0 Å². The highest BCUT2D eigenvalue weighted by Gasteiger charge is 2.27. The molecule has 1 nitrogen and oxygen atoms in total. The van der Waals surface area contributed by atoms with Crippen LogP contribution in [0.4, 0.5) is 0 Å². The lowest BCUT2D eigenvalue weighted by Crippen LogP contribution is -2.36. The predicted molar refractivity (Wildman–Crippen MR) is 92.6 cm³/mol. The Kier molecular flexibility index (Phi) is 8.47. The Morgan fingerprint density at radius 1 is 1.25 bits per heavy atom. The number of hydrogen-bond acceptors (Lipinski definition) is 2. The van der Waals surface area contributed by atoms with Gasteiger partial charge in [0.05, 0.1) is 0 Å². The van der Waals surface area contributed by atoms with Crippen LogP contribution in [0.2, 0.25) is 0 Å². The van der Waals surface area contributed by atoms with Crippen LogP contribution in [0.15, 0.2) is 17.5 Å². The molecule has 0 spiro atoms. The lowest BCUT2D eigenvalue weighted by atomic mass is 9.76. The Balaban J connectivity index is 2.55. The van der Waals surface area contributed by atoms with Crippen molar-refractivity contribution in [3.8, 4) is 0 Å². The van der Waals surface area contributed by atoms with Crippen LogP contribution in [0.3, 0.4) is 0 Å². The maximum atomic E-state index is 3.72. The van der Waals surface area contributed by atoms with Crippen molar-refractivity contribution in [1.82, 2.24) is 5.32 Å². The number of hydrogen-bond donors (Lipinski definition) is 1. The highest BCUT2D eigenvalue weighted by Crippen LogP contribution is 2.34. The van der Waals surface area contributed by atoms with Crippen LogP contribution in [-0.2, 0) is 6.42 Å². The third kappa shape index (κ3) is 6.41. The van der Waals surface area contributed by atoms with Gasteiger partial charge in [0.25, 0.3) is 0 Å². The van der Waals surface area contributed by atoms with E-state index in [1.807, 2.05) is 11.3 Å². The van der Waals surface area contributed by atoms with Crippen molar-refractivity contribution in [2.75, 3.05) is 13.1 Å². The van der Waals surface area contributed by atoms with E-state index in [4.69, 9.17) is 0 Å². The molecule has 0 aliphatic carbocycles. The monoisotopic (exact) mass is 295 g/mol. The molecule has 0 amide bonds. The summed E-state index contributed by atoms with van der Waals surface area (Å²) in [6, 6.07) is 4.46. The molecule has 1 atom stereocenters. The standard InChI is InChI=1S/C18H33NS/c1-5-7-11-18(6-2,15-19-14-16(3)4)12-10-17-9-8-13-20-17/h8-9,13,16,19H,5-7,10-12,14-15H2,1-4H3. The largest absolute Gasteiger partial charge is 0.316 e. The first-order chi connectivity index (χ1) is 9.62. The van der Waals surface area contributed by atoms with Gasteiger partial charge in [-0.1, -0.05) is 46.6 Å². The maximum Gasteiger partial charge on any atom is 0.00454 e. The minimum absolute atomic E-state index is 0.495. The molecule has 0 saturated heterocycles. The number of rotatable bonds is 11. The molecule has 1 heterocycles. The molecule has 20 heavy (non-hydrogen) atoms. The first kappa shape index (κ1) is 17.7. The molecular formula is C18H33NS. The van der Waals surface area contributed by atoms with Gasteiger partial charge in [-0.25, -0.2) is 0 Å². The van der Waals surface area contributed by atoms with Crippen LogP contribution >= 0.6 is 11.3 Å². The Bertz CT molecular complexity index is 331. The number of aryl methyl sites for hydroxylation is 1. The smallest absolute Gasteiger partial charge is 0.00454 e. The highest BCUT2D eigenvalue weighted by atomic mass is 32.1. The molecule has 1 unspecified atom stereocenters. The van der Waals surface area contributed by atoms with Crippen LogP contribution in [-0.4, -0.2) is 13.1 Å². The average molecular weight is 296 g/mol. The fourth-order valence-corrected chi connectivity index (χ4v) is 3.51. The lowest BCUT2D eigenvalue weighted by Gasteiger charge is -2.34. The summed E-state index contributed by atoms with van der Waals surface area (Å²) in [6.45, 7) is 11.6. The van der Waals surface area contributed by atoms with Crippen LogP contribution in [0.1, 0.15) is 64.7 Å². The lowest BCUT2D eigenvalue weighted by molar-refractivity contribution is 0.210. The van der Waals surface area contributed by atoms with E-state index in [1.165, 1.54) is 45.1 Å². The van der Waals surface area contributed by atoms with Crippen molar-refractivity contribution < 1.29 is 0 Å². The summed E-state index contributed by atoms with van der Waals surface area (Å²) in [4.78, 5) is 1.54. The summed E-state index contributed by atoms with van der Waals surface area (Å²) in [6.07, 6.45) is 7.92. The molecule has 0 bridgehead atoms. The Morgan fingerprint density at radius 2 is 2.05 bits per heavy atom. The minimum Gasteiger partial charge on any atom is -0.316 e. The normalized spacial score (nSPS) is 14.7. The van der Waals surface area contributed by atoms with Gasteiger partial charge in [0.1, 0.15) is 0 Å². The van der Waals surface area contributed by atoms with Gasteiger partial charge in [0, 0.05) is 11.4 Å². The molecule has 2 heteroatoms. The van der Waals surface area contributed by atoms with Gasteiger partial charge in [0.15, 0.2) is 0 Å². The Morgan fingerprint density at radius 3 is 2.60 bits per heavy atom. The molecule has 116 valence electrons. The fraction of sp³-hybridized carbons (Fsp3) is 0.778. The van der Waals surface area contributed by atoms with E-state index in [9.17, 15) is 0 Å². The van der Waals surface area contributed by atoms with Gasteiger partial charge >= 0.3 is 0 Å². The molecule has 0 aliphatic rings. The van der Waals surface area contributed by atoms with E-state index >= 15 is 0 Å². The maximum absolute atomic E-state index is 3.72. The van der Waals surface area contributed by atoms with Crippen LogP contribution in [0.5, 0.6) is 0 Å². The summed E-state index contributed by atoms with van der Waals surface area (Å²) >= 11 is 1.91. The second-order valence-corrected chi connectivity index (χ2v) is 7.59. The molecule has 1 aromatic rings. The van der Waals surface area contributed by atoms with Crippen molar-refractivity contribution in [2.45, 2.75) is 66.2 Å². The quantitative estimate of drug-likeness (QED) is 0.567. The van der Waals surface area contributed by atoms with Crippen molar-refractivity contribution >= 4 is 11.3 Å². The molecule has 0 aliphatic heterocycles. The van der Waals surface area contributed by atoms with Gasteiger partial charge in [-0.3, -0.25) is 0 Å². The zero-order chi connectivity index (χ0) is 14.8. The number of nitrogens with one attached hydrogen (secondary N) is 1. The van der Waals surface area contributed by atoms with Gasteiger partial charge in [0.2, 0.25) is 0 Å². The highest BCUT2D eigenvalue weighted by molar-refractivity contribution is 7.09. The molecule has 1 rings (SSSR count). The summed E-state index contributed by atoms with van der Waals surface area (Å²) in [5.41, 5.74) is 0.495. The third-order valence-corrected chi connectivity index (χ3v) is 5.28. The predicted octanol–water partition coefficient (Wildman–Crippen LogP) is 5.51. The van der Waals surface area contributed by atoms with Crippen molar-refractivity contribution in [1.29, 1.82) is 0 Å². The van der Waals surface area contributed by atoms with E-state index in [-0.39, 0.29) is 0 Å². The molecule has 0 aromatic carbocycles. The topological polar surface area (TPSA) is 12.0 Å². The second-order valence-electron chi connectivity index (χ2n) is 6.56. The van der Waals surface area contributed by atoms with E-state index in [2.05, 4.69) is 50.5 Å². The molecule has 0 radical (unpaired) electrons. The average Bonchev–Trinajstić information content (AvgIpc) is 2.94. The van der Waals surface area contributed by atoms with Gasteiger partial charge in [-0.15, -0.1) is 11.3 Å². The summed E-state index contributed by atoms with van der Waals surface area (Å²) in [5.74, 6) is 0.744. The van der Waals surface area contributed by atoms with Crippen LogP contribution < -0.4 is 5.32 Å². The molecule has 0 saturated carbocycles. The molecule has 0 fully saturated rings. The van der Waals surface area contributed by atoms with Gasteiger partial charge < -0.3 is 5.32 Å². The van der Waals surface area contributed by atoms with Gasteiger partial charge in [-0.05, 0) is 55.0 Å². The van der Waals surface area contributed by atoms with E-state index in [0.717, 1.165) is 12.5 Å². The van der Waals surface area contributed by atoms with E-state index < -0.39 is 0 Å². The molecule has 1 N–H and O–H groups in total. The minimum atomic E-state index is 0.495. The van der Waals surface area contributed by atoms with Crippen molar-refractivity contribution in [2.24, 2.45) is 11.3 Å². The number of thiophene rings is 1. The summed E-state index contributed by atoms with van der Waals surface area (Å²) in [5, 5.41) is 5.92. The third-order valence-electron chi connectivity index (χ3n) is 4.35.